The highest BCUT2D eigenvalue weighted by atomic mass is 35.5. The van der Waals surface area contributed by atoms with E-state index in [0.717, 1.165) is 5.56 Å². The lowest BCUT2D eigenvalue weighted by molar-refractivity contribution is 0.0503. The predicted octanol–water partition coefficient (Wildman–Crippen LogP) is 3.46. The summed E-state index contributed by atoms with van der Waals surface area (Å²) in [6.07, 6.45) is 0.649. The number of hydrogen-bond acceptors (Lipinski definition) is 3. The van der Waals surface area contributed by atoms with E-state index < -0.39 is 11.7 Å². The monoisotopic (exact) mass is 299 g/mol. The number of carbonyl (C=O) groups excluding carboxylic acids is 1. The lowest BCUT2D eigenvalue weighted by Crippen LogP contribution is -2.40. The summed E-state index contributed by atoms with van der Waals surface area (Å²) in [5, 5.41) is 12.6. The molecule has 20 heavy (non-hydrogen) atoms. The topological polar surface area (TPSA) is 58.6 Å². The summed E-state index contributed by atoms with van der Waals surface area (Å²) in [5.41, 5.74) is 0.239. The summed E-state index contributed by atoms with van der Waals surface area (Å²) < 4.78 is 5.23. The highest BCUT2D eigenvalue weighted by Gasteiger charge is 2.20. The van der Waals surface area contributed by atoms with Crippen molar-refractivity contribution in [1.82, 2.24) is 5.32 Å². The molecule has 1 amide bonds. The number of ether oxygens (including phenoxy) is 1. The Kier molecular flexibility index (Phi) is 6.14. The van der Waals surface area contributed by atoms with Crippen LogP contribution in [0.1, 0.15) is 32.8 Å². The molecule has 0 saturated heterocycles. The van der Waals surface area contributed by atoms with Gasteiger partial charge in [0.1, 0.15) is 11.4 Å². The summed E-state index contributed by atoms with van der Waals surface area (Å²) in [7, 11) is 0. The second kappa shape index (κ2) is 7.39. The van der Waals surface area contributed by atoms with Crippen molar-refractivity contribution in [1.29, 1.82) is 0 Å². The zero-order valence-electron chi connectivity index (χ0n) is 12.1. The van der Waals surface area contributed by atoms with E-state index in [4.69, 9.17) is 16.3 Å². The summed E-state index contributed by atoms with van der Waals surface area (Å²) in [6.45, 7) is 5.43. The highest BCUT2D eigenvalue weighted by Crippen LogP contribution is 2.18. The molecule has 0 aliphatic carbocycles. The van der Waals surface area contributed by atoms with E-state index in [0.29, 0.717) is 18.7 Å². The molecule has 0 aliphatic rings. The highest BCUT2D eigenvalue weighted by molar-refractivity contribution is 6.17. The average molecular weight is 300 g/mol. The largest absolute Gasteiger partial charge is 0.508 e. The van der Waals surface area contributed by atoms with Gasteiger partial charge in [-0.05, 0) is 45.2 Å². The zero-order chi connectivity index (χ0) is 15.2. The van der Waals surface area contributed by atoms with E-state index in [1.54, 1.807) is 12.1 Å². The molecule has 0 spiro atoms. The van der Waals surface area contributed by atoms with Crippen molar-refractivity contribution in [2.24, 2.45) is 0 Å². The minimum absolute atomic E-state index is 0.171. The number of nitrogens with one attached hydrogen (secondary N) is 1. The zero-order valence-corrected chi connectivity index (χ0v) is 12.9. The van der Waals surface area contributed by atoms with Crippen LogP contribution in [0.2, 0.25) is 0 Å². The van der Waals surface area contributed by atoms with E-state index in [1.807, 2.05) is 32.9 Å². The molecule has 1 atom stereocenters. The van der Waals surface area contributed by atoms with Crippen LogP contribution in [0, 0.1) is 0 Å². The Morgan fingerprint density at radius 1 is 1.40 bits per heavy atom. The number of phenolic OH excluding ortho intramolecular Hbond substituents is 1. The molecule has 0 unspecified atom stereocenters. The van der Waals surface area contributed by atoms with Crippen LogP contribution in [0.3, 0.4) is 0 Å². The molecule has 112 valence electrons. The van der Waals surface area contributed by atoms with Gasteiger partial charge in [-0.15, -0.1) is 11.6 Å². The van der Waals surface area contributed by atoms with E-state index in [1.165, 1.54) is 0 Å². The number of carbonyl (C=O) groups is 1. The van der Waals surface area contributed by atoms with Crippen molar-refractivity contribution < 1.29 is 14.6 Å². The third kappa shape index (κ3) is 6.15. The van der Waals surface area contributed by atoms with Gasteiger partial charge in [-0.2, -0.15) is 0 Å². The second-order valence-corrected chi connectivity index (χ2v) is 6.03. The van der Waals surface area contributed by atoms with Gasteiger partial charge in [-0.3, -0.25) is 0 Å². The first kappa shape index (κ1) is 16.6. The summed E-state index contributed by atoms with van der Waals surface area (Å²) in [5.74, 6) is 0.645. The Morgan fingerprint density at radius 2 is 2.05 bits per heavy atom. The van der Waals surface area contributed by atoms with E-state index in [-0.39, 0.29) is 11.8 Å². The van der Waals surface area contributed by atoms with Crippen molar-refractivity contribution in [3.63, 3.8) is 0 Å². The first-order valence-electron chi connectivity index (χ1n) is 6.64. The van der Waals surface area contributed by atoms with Gasteiger partial charge in [0, 0.05) is 11.9 Å². The number of aromatic hydroxyl groups is 1. The molecule has 1 rings (SSSR count). The van der Waals surface area contributed by atoms with Gasteiger partial charge in [0.15, 0.2) is 0 Å². The molecule has 2 N–H and O–H groups in total. The Morgan fingerprint density at radius 3 is 2.60 bits per heavy atom. The number of alkyl halides is 1. The molecule has 4 nitrogen and oxygen atoms in total. The van der Waals surface area contributed by atoms with Crippen molar-refractivity contribution in [3.05, 3.63) is 29.8 Å². The molecule has 0 saturated carbocycles. The summed E-state index contributed by atoms with van der Waals surface area (Å²) in [4.78, 5) is 11.8. The van der Waals surface area contributed by atoms with Crippen LogP contribution in [-0.2, 0) is 11.2 Å². The van der Waals surface area contributed by atoms with Gasteiger partial charge < -0.3 is 15.2 Å². The van der Waals surface area contributed by atoms with Gasteiger partial charge in [0.2, 0.25) is 0 Å². The Bertz CT molecular complexity index is 443. The molecule has 0 aliphatic heterocycles. The minimum atomic E-state index is -0.537. The maximum atomic E-state index is 11.8. The average Bonchev–Trinajstić information content (AvgIpc) is 2.29. The van der Waals surface area contributed by atoms with Crippen molar-refractivity contribution in [3.8, 4) is 5.75 Å². The van der Waals surface area contributed by atoms with Gasteiger partial charge in [-0.1, -0.05) is 18.2 Å². The van der Waals surface area contributed by atoms with Crippen LogP contribution >= 0.6 is 11.6 Å². The van der Waals surface area contributed by atoms with E-state index >= 15 is 0 Å². The Labute approximate surface area is 125 Å². The standard InChI is InChI=1S/C15H22ClNO3/c1-15(2,3)20-14(19)17-12(8-9-16)10-11-6-4-5-7-13(11)18/h4-7,12,18H,8-10H2,1-3H3,(H,17,19)/t12-/m1/s1. The predicted molar refractivity (Wildman–Crippen MR) is 80.3 cm³/mol. The summed E-state index contributed by atoms with van der Waals surface area (Å²) in [6, 6.07) is 6.89. The maximum Gasteiger partial charge on any atom is 0.407 e. The number of para-hydroxylation sites is 1. The Balaban J connectivity index is 2.65. The number of halogens is 1. The molecule has 0 bridgehead atoms. The second-order valence-electron chi connectivity index (χ2n) is 5.65. The lowest BCUT2D eigenvalue weighted by atomic mass is 10.0. The fourth-order valence-electron chi connectivity index (χ4n) is 1.78. The number of rotatable bonds is 5. The normalized spacial score (nSPS) is 12.8. The van der Waals surface area contributed by atoms with Crippen LogP contribution in [0.5, 0.6) is 5.75 Å². The van der Waals surface area contributed by atoms with Crippen LogP contribution in [0.25, 0.3) is 0 Å². The third-order valence-corrected chi connectivity index (χ3v) is 2.85. The minimum Gasteiger partial charge on any atom is -0.508 e. The van der Waals surface area contributed by atoms with Gasteiger partial charge in [0.25, 0.3) is 0 Å². The van der Waals surface area contributed by atoms with Crippen molar-refractivity contribution in [2.75, 3.05) is 5.88 Å². The third-order valence-electron chi connectivity index (χ3n) is 2.64. The SMILES string of the molecule is CC(C)(C)OC(=O)N[C@H](CCCl)Cc1ccccc1O. The van der Waals surface area contributed by atoms with Gasteiger partial charge in [-0.25, -0.2) is 4.79 Å². The van der Waals surface area contributed by atoms with E-state index in [9.17, 15) is 9.90 Å². The molecule has 0 heterocycles. The molecule has 1 aromatic rings. The summed E-state index contributed by atoms with van der Waals surface area (Å²) >= 11 is 5.76. The van der Waals surface area contributed by atoms with Crippen molar-refractivity contribution in [2.45, 2.75) is 45.3 Å². The fourth-order valence-corrected chi connectivity index (χ4v) is 2.04. The van der Waals surface area contributed by atoms with Crippen molar-refractivity contribution >= 4 is 17.7 Å². The smallest absolute Gasteiger partial charge is 0.407 e. The van der Waals surface area contributed by atoms with Gasteiger partial charge in [0.05, 0.1) is 0 Å². The van der Waals surface area contributed by atoms with Crippen LogP contribution in [0.15, 0.2) is 24.3 Å². The van der Waals surface area contributed by atoms with E-state index in [2.05, 4.69) is 5.32 Å². The molecule has 0 aromatic heterocycles. The molecule has 0 fully saturated rings. The molecular formula is C15H22ClNO3. The molecule has 0 radical (unpaired) electrons. The number of amides is 1. The maximum absolute atomic E-state index is 11.8. The quantitative estimate of drug-likeness (QED) is 0.819. The number of benzene rings is 1. The lowest BCUT2D eigenvalue weighted by Gasteiger charge is -2.23. The van der Waals surface area contributed by atoms with Crippen LogP contribution in [-0.4, -0.2) is 28.7 Å². The van der Waals surface area contributed by atoms with Gasteiger partial charge >= 0.3 is 6.09 Å². The first-order valence-corrected chi connectivity index (χ1v) is 7.17. The molecular weight excluding hydrogens is 278 g/mol. The number of hydrogen-bond donors (Lipinski definition) is 2. The van der Waals surface area contributed by atoms with Crippen LogP contribution in [0.4, 0.5) is 4.79 Å². The first-order chi connectivity index (χ1) is 9.31. The Hall–Kier alpha value is -1.42. The number of alkyl carbamates (subject to hydrolysis) is 1. The van der Waals surface area contributed by atoms with Crippen LogP contribution < -0.4 is 5.32 Å². The fraction of sp³-hybridized carbons (Fsp3) is 0.533. The number of phenols is 1. The molecule has 1 aromatic carbocycles. The molecule has 5 heteroatoms.